The molecule has 150 valence electrons. The molecule has 0 aliphatic rings. The predicted octanol–water partition coefficient (Wildman–Crippen LogP) is 1.19. The lowest BCUT2D eigenvalue weighted by Crippen LogP contribution is -2.29. The van der Waals surface area contributed by atoms with Gasteiger partial charge in [-0.3, -0.25) is 4.68 Å². The van der Waals surface area contributed by atoms with Crippen molar-refractivity contribution in [3.05, 3.63) is 41.7 Å². The highest BCUT2D eigenvalue weighted by Crippen LogP contribution is 2.19. The third-order valence-electron chi connectivity index (χ3n) is 4.22. The number of nitrogens with zero attached hydrogens (tertiary/aromatic N) is 6. The molecule has 0 amide bonds. The molecule has 0 aliphatic heterocycles. The maximum absolute atomic E-state index is 12.6. The van der Waals surface area contributed by atoms with Gasteiger partial charge in [0.2, 0.25) is 10.0 Å². The van der Waals surface area contributed by atoms with Gasteiger partial charge in [0, 0.05) is 31.9 Å². The van der Waals surface area contributed by atoms with Gasteiger partial charge in [0.05, 0.1) is 17.1 Å². The van der Waals surface area contributed by atoms with E-state index >= 15 is 0 Å². The molecular formula is C17H24N8O2S. The van der Waals surface area contributed by atoms with Crippen LogP contribution in [0, 0.1) is 20.8 Å². The van der Waals surface area contributed by atoms with Crippen molar-refractivity contribution in [3.63, 3.8) is 0 Å². The largest absolute Gasteiger partial charge is 0.369 e. The molecule has 28 heavy (non-hydrogen) atoms. The highest BCUT2D eigenvalue weighted by Gasteiger charge is 2.23. The number of hydrogen-bond acceptors (Lipinski definition) is 7. The van der Waals surface area contributed by atoms with Crippen LogP contribution in [0.2, 0.25) is 0 Å². The van der Waals surface area contributed by atoms with Gasteiger partial charge in [-0.05, 0) is 33.8 Å². The smallest absolute Gasteiger partial charge is 0.244 e. The molecule has 3 rings (SSSR count). The van der Waals surface area contributed by atoms with E-state index in [1.54, 1.807) is 29.3 Å². The maximum Gasteiger partial charge on any atom is 0.244 e. The third-order valence-corrected chi connectivity index (χ3v) is 5.93. The Morgan fingerprint density at radius 3 is 2.54 bits per heavy atom. The predicted molar refractivity (Wildman–Crippen MR) is 105 cm³/mol. The molecule has 0 aromatic carbocycles. The first-order valence-electron chi connectivity index (χ1n) is 8.94. The van der Waals surface area contributed by atoms with Crippen molar-refractivity contribution in [1.82, 2.24) is 34.3 Å². The Labute approximate surface area is 164 Å². The summed E-state index contributed by atoms with van der Waals surface area (Å²) in [5.41, 5.74) is 2.02. The Kier molecular flexibility index (Phi) is 5.75. The Bertz CT molecular complexity index is 1070. The second-order valence-corrected chi connectivity index (χ2v) is 8.01. The van der Waals surface area contributed by atoms with Crippen molar-refractivity contribution in [2.75, 3.05) is 18.4 Å². The van der Waals surface area contributed by atoms with Crippen LogP contribution in [0.3, 0.4) is 0 Å². The van der Waals surface area contributed by atoms with Gasteiger partial charge in [-0.2, -0.15) is 10.2 Å². The first-order valence-corrected chi connectivity index (χ1v) is 10.4. The fourth-order valence-corrected chi connectivity index (χ4v) is 4.38. The molecule has 0 atom stereocenters. The quantitative estimate of drug-likeness (QED) is 0.541. The van der Waals surface area contributed by atoms with Crippen LogP contribution in [0.5, 0.6) is 0 Å². The van der Waals surface area contributed by atoms with E-state index in [-0.39, 0.29) is 11.4 Å². The van der Waals surface area contributed by atoms with Crippen LogP contribution in [0.25, 0.3) is 5.82 Å². The Hall–Kier alpha value is -2.79. The normalized spacial score (nSPS) is 11.7. The molecule has 0 saturated heterocycles. The van der Waals surface area contributed by atoms with Gasteiger partial charge in [0.1, 0.15) is 17.0 Å². The molecule has 0 bridgehead atoms. The highest BCUT2D eigenvalue weighted by atomic mass is 32.2. The van der Waals surface area contributed by atoms with Crippen LogP contribution in [0.4, 0.5) is 5.82 Å². The summed E-state index contributed by atoms with van der Waals surface area (Å²) >= 11 is 0. The molecule has 2 N–H and O–H groups in total. The minimum absolute atomic E-state index is 0.207. The second-order valence-electron chi connectivity index (χ2n) is 6.30. The summed E-state index contributed by atoms with van der Waals surface area (Å²) in [5, 5.41) is 11.7. The Balaban J connectivity index is 1.61. The van der Waals surface area contributed by atoms with E-state index in [1.807, 2.05) is 26.1 Å². The number of hydrogen-bond donors (Lipinski definition) is 2. The zero-order chi connectivity index (χ0) is 20.3. The molecule has 11 heteroatoms. The van der Waals surface area contributed by atoms with Gasteiger partial charge in [-0.25, -0.2) is 27.8 Å². The van der Waals surface area contributed by atoms with Crippen molar-refractivity contribution < 1.29 is 8.42 Å². The summed E-state index contributed by atoms with van der Waals surface area (Å²) in [4.78, 5) is 8.58. The fourth-order valence-electron chi connectivity index (χ4n) is 2.94. The van der Waals surface area contributed by atoms with Crippen molar-refractivity contribution in [1.29, 1.82) is 0 Å². The molecule has 10 nitrogen and oxygen atoms in total. The van der Waals surface area contributed by atoms with Gasteiger partial charge in [0.15, 0.2) is 5.82 Å². The summed E-state index contributed by atoms with van der Waals surface area (Å²) in [7, 11) is -3.63. The topological polar surface area (TPSA) is 120 Å². The third kappa shape index (κ3) is 4.20. The van der Waals surface area contributed by atoms with Crippen LogP contribution < -0.4 is 10.0 Å². The lowest BCUT2D eigenvalue weighted by Gasteiger charge is -2.09. The van der Waals surface area contributed by atoms with Gasteiger partial charge in [-0.1, -0.05) is 0 Å². The first kappa shape index (κ1) is 20.0. The lowest BCUT2D eigenvalue weighted by molar-refractivity contribution is 0.580. The van der Waals surface area contributed by atoms with Gasteiger partial charge in [0.25, 0.3) is 0 Å². The Morgan fingerprint density at radius 1 is 1.11 bits per heavy atom. The van der Waals surface area contributed by atoms with Crippen molar-refractivity contribution >= 4 is 15.8 Å². The molecule has 3 aromatic heterocycles. The number of anilines is 1. The molecule has 0 saturated carbocycles. The van der Waals surface area contributed by atoms with Crippen LogP contribution in [0.15, 0.2) is 29.6 Å². The Morgan fingerprint density at radius 2 is 1.89 bits per heavy atom. The molecule has 0 aliphatic carbocycles. The van der Waals surface area contributed by atoms with Gasteiger partial charge >= 0.3 is 0 Å². The van der Waals surface area contributed by atoms with E-state index in [1.165, 1.54) is 6.33 Å². The zero-order valence-electron chi connectivity index (χ0n) is 16.3. The number of aryl methyl sites for hydroxylation is 3. The summed E-state index contributed by atoms with van der Waals surface area (Å²) in [6, 6.07) is 3.63. The maximum atomic E-state index is 12.6. The average molecular weight is 405 g/mol. The summed E-state index contributed by atoms with van der Waals surface area (Å²) in [5.74, 6) is 1.22. The molecular weight excluding hydrogens is 380 g/mol. The minimum atomic E-state index is -3.63. The van der Waals surface area contributed by atoms with E-state index in [0.717, 1.165) is 5.69 Å². The van der Waals surface area contributed by atoms with Crippen LogP contribution in [-0.4, -0.2) is 51.0 Å². The van der Waals surface area contributed by atoms with Crippen molar-refractivity contribution in [3.8, 4) is 5.82 Å². The van der Waals surface area contributed by atoms with Gasteiger partial charge < -0.3 is 5.32 Å². The minimum Gasteiger partial charge on any atom is -0.369 e. The zero-order valence-corrected chi connectivity index (χ0v) is 17.2. The molecule has 0 spiro atoms. The molecule has 0 unspecified atom stereocenters. The number of rotatable bonds is 8. The molecule has 3 aromatic rings. The van der Waals surface area contributed by atoms with E-state index < -0.39 is 10.0 Å². The molecule has 3 heterocycles. The number of aromatic nitrogens is 6. The van der Waals surface area contributed by atoms with Gasteiger partial charge in [-0.15, -0.1) is 0 Å². The average Bonchev–Trinajstić information content (AvgIpc) is 3.22. The SMILES string of the molecule is CCn1nc(C)c(S(=O)(=O)NCCNc2cc(-n3ccc(C)n3)ncn2)c1C. The summed E-state index contributed by atoms with van der Waals surface area (Å²) in [6.45, 7) is 8.48. The van der Waals surface area contributed by atoms with Crippen molar-refractivity contribution in [2.24, 2.45) is 0 Å². The van der Waals surface area contributed by atoms with Crippen LogP contribution >= 0.6 is 0 Å². The lowest BCUT2D eigenvalue weighted by atomic mass is 10.4. The first-order chi connectivity index (χ1) is 13.3. The summed E-state index contributed by atoms with van der Waals surface area (Å²) in [6.07, 6.45) is 3.25. The van der Waals surface area contributed by atoms with Crippen LogP contribution in [-0.2, 0) is 16.6 Å². The number of nitrogens with one attached hydrogen (secondary N) is 2. The second kappa shape index (κ2) is 8.07. The monoisotopic (exact) mass is 404 g/mol. The van der Waals surface area contributed by atoms with E-state index in [9.17, 15) is 8.42 Å². The molecule has 0 fully saturated rings. The number of sulfonamides is 1. The van der Waals surface area contributed by atoms with Crippen molar-refractivity contribution in [2.45, 2.75) is 39.1 Å². The standard InChI is InChI=1S/C17H24N8O2S/c1-5-24-14(4)17(13(3)23-24)28(26,27)21-8-7-18-15-10-16(20-11-19-15)25-9-6-12(2)22-25/h6,9-11,21H,5,7-8H2,1-4H3,(H,18,19,20). The summed E-state index contributed by atoms with van der Waals surface area (Å²) < 4.78 is 31.2. The van der Waals surface area contributed by atoms with E-state index in [0.29, 0.717) is 36.1 Å². The van der Waals surface area contributed by atoms with Crippen LogP contribution in [0.1, 0.15) is 24.0 Å². The molecule has 0 radical (unpaired) electrons. The van der Waals surface area contributed by atoms with E-state index in [2.05, 4.69) is 30.2 Å². The highest BCUT2D eigenvalue weighted by molar-refractivity contribution is 7.89. The van der Waals surface area contributed by atoms with E-state index in [4.69, 9.17) is 0 Å². The fraction of sp³-hybridized carbons (Fsp3) is 0.412.